The number of unbranched alkanes of at least 4 members (excludes halogenated alkanes) is 1. The zero-order valence-electron chi connectivity index (χ0n) is 17.1. The third kappa shape index (κ3) is 4.27. The smallest absolute Gasteiger partial charge is 0.0431 e. The van der Waals surface area contributed by atoms with Crippen LogP contribution in [0.2, 0.25) is 0 Å². The first-order valence-electron chi connectivity index (χ1n) is 10.5. The quantitative estimate of drug-likeness (QED) is 0.368. The molecule has 1 nitrogen and oxygen atoms in total. The van der Waals surface area contributed by atoms with E-state index in [2.05, 4.69) is 97.6 Å². The monoisotopic (exact) mass is 380 g/mol. The fourth-order valence-corrected chi connectivity index (χ4v) is 4.16. The summed E-state index contributed by atoms with van der Waals surface area (Å²) in [6, 6.07) is 30.1. The second kappa shape index (κ2) is 8.66. The molecule has 1 heteroatoms. The van der Waals surface area contributed by atoms with Crippen molar-refractivity contribution in [3.05, 3.63) is 118 Å². The van der Waals surface area contributed by atoms with Crippen molar-refractivity contribution in [2.45, 2.75) is 38.0 Å². The summed E-state index contributed by atoms with van der Waals surface area (Å²) in [6.45, 7) is 2.40. The highest BCUT2D eigenvalue weighted by Crippen LogP contribution is 2.57. The summed E-state index contributed by atoms with van der Waals surface area (Å²) in [7, 11) is 0. The molecular formula is C28H28O. The number of aryl methyl sites for hydroxylation is 1. The van der Waals surface area contributed by atoms with Crippen LogP contribution in [0.4, 0.5) is 0 Å². The predicted molar refractivity (Wildman–Crippen MR) is 121 cm³/mol. The van der Waals surface area contributed by atoms with Crippen LogP contribution in [-0.4, -0.2) is 11.7 Å². The SMILES string of the molecule is Cc1ccc(C2(CCCCO)CC2=C=C(c2ccccc2)c2ccccc2)cc1. The summed E-state index contributed by atoms with van der Waals surface area (Å²) >= 11 is 0. The lowest BCUT2D eigenvalue weighted by Crippen LogP contribution is -2.07. The normalized spacial score (nSPS) is 17.7. The molecule has 3 aromatic carbocycles. The van der Waals surface area contributed by atoms with Gasteiger partial charge in [-0.25, -0.2) is 0 Å². The van der Waals surface area contributed by atoms with Gasteiger partial charge in [-0.1, -0.05) is 90.5 Å². The van der Waals surface area contributed by atoms with Gasteiger partial charge in [0.25, 0.3) is 0 Å². The van der Waals surface area contributed by atoms with Gasteiger partial charge in [0.05, 0.1) is 0 Å². The van der Waals surface area contributed by atoms with Gasteiger partial charge < -0.3 is 5.11 Å². The van der Waals surface area contributed by atoms with Gasteiger partial charge in [-0.15, -0.1) is 5.73 Å². The molecule has 3 aromatic rings. The molecule has 0 heterocycles. The number of aliphatic hydroxyl groups excluding tert-OH is 1. The topological polar surface area (TPSA) is 20.2 Å². The van der Waals surface area contributed by atoms with Gasteiger partial charge in [-0.2, -0.15) is 0 Å². The molecule has 1 fully saturated rings. The lowest BCUT2D eigenvalue weighted by Gasteiger charge is -2.15. The summed E-state index contributed by atoms with van der Waals surface area (Å²) in [5.74, 6) is 0. The van der Waals surface area contributed by atoms with E-state index in [9.17, 15) is 5.11 Å². The average molecular weight is 381 g/mol. The van der Waals surface area contributed by atoms with Gasteiger partial charge in [-0.05, 0) is 54.9 Å². The predicted octanol–water partition coefficient (Wildman–Crippen LogP) is 6.46. The van der Waals surface area contributed by atoms with Crippen LogP contribution >= 0.6 is 0 Å². The molecule has 1 N–H and O–H groups in total. The highest BCUT2D eigenvalue weighted by atomic mass is 16.2. The molecule has 1 aliphatic carbocycles. The molecule has 0 amide bonds. The highest BCUT2D eigenvalue weighted by molar-refractivity contribution is 5.80. The Balaban J connectivity index is 1.82. The molecule has 0 saturated heterocycles. The van der Waals surface area contributed by atoms with Crippen LogP contribution in [0, 0.1) is 6.92 Å². The molecule has 1 unspecified atom stereocenters. The van der Waals surface area contributed by atoms with Gasteiger partial charge >= 0.3 is 0 Å². The fourth-order valence-electron chi connectivity index (χ4n) is 4.16. The lowest BCUT2D eigenvalue weighted by molar-refractivity contribution is 0.281. The molecule has 1 aliphatic rings. The number of allylic oxidation sites excluding steroid dienone is 1. The van der Waals surface area contributed by atoms with Crippen molar-refractivity contribution in [2.75, 3.05) is 6.61 Å². The van der Waals surface area contributed by atoms with Gasteiger partial charge in [0, 0.05) is 17.6 Å². The van der Waals surface area contributed by atoms with E-state index in [0.717, 1.165) is 31.3 Å². The number of rotatable bonds is 7. The zero-order valence-corrected chi connectivity index (χ0v) is 17.1. The maximum Gasteiger partial charge on any atom is 0.0431 e. The minimum atomic E-state index is 0.0671. The summed E-state index contributed by atoms with van der Waals surface area (Å²) in [5, 5.41) is 9.27. The molecule has 0 bridgehead atoms. The first-order valence-corrected chi connectivity index (χ1v) is 10.5. The van der Waals surface area contributed by atoms with Crippen LogP contribution in [0.3, 0.4) is 0 Å². The van der Waals surface area contributed by atoms with Gasteiger partial charge in [-0.3, -0.25) is 0 Å². The van der Waals surface area contributed by atoms with Crippen molar-refractivity contribution in [3.8, 4) is 0 Å². The van der Waals surface area contributed by atoms with E-state index in [1.165, 1.54) is 27.8 Å². The number of aliphatic hydroxyl groups is 1. The van der Waals surface area contributed by atoms with E-state index in [1.807, 2.05) is 0 Å². The Kier molecular flexibility index (Phi) is 5.81. The summed E-state index contributed by atoms with van der Waals surface area (Å²) in [6.07, 6.45) is 4.00. The van der Waals surface area contributed by atoms with Crippen molar-refractivity contribution >= 4 is 5.57 Å². The van der Waals surface area contributed by atoms with Crippen LogP contribution in [-0.2, 0) is 5.41 Å². The summed E-state index contributed by atoms with van der Waals surface area (Å²) in [4.78, 5) is 0. The average Bonchev–Trinajstić information content (AvgIpc) is 3.47. The highest BCUT2D eigenvalue weighted by Gasteiger charge is 2.49. The van der Waals surface area contributed by atoms with Gasteiger partial charge in [0.1, 0.15) is 0 Å². The molecule has 29 heavy (non-hydrogen) atoms. The van der Waals surface area contributed by atoms with Crippen LogP contribution in [0.25, 0.3) is 5.57 Å². The minimum absolute atomic E-state index is 0.0671. The lowest BCUT2D eigenvalue weighted by atomic mass is 9.88. The second-order valence-corrected chi connectivity index (χ2v) is 8.02. The zero-order chi connectivity index (χ0) is 20.1. The molecule has 0 aromatic heterocycles. The van der Waals surface area contributed by atoms with Crippen molar-refractivity contribution in [1.29, 1.82) is 0 Å². The first kappa shape index (κ1) is 19.5. The molecule has 1 atom stereocenters. The van der Waals surface area contributed by atoms with Crippen LogP contribution in [0.15, 0.2) is 96.2 Å². The Morgan fingerprint density at radius 3 is 1.97 bits per heavy atom. The number of hydrogen-bond donors (Lipinski definition) is 1. The summed E-state index contributed by atoms with van der Waals surface area (Å²) in [5.41, 5.74) is 11.5. The minimum Gasteiger partial charge on any atom is -0.396 e. The molecule has 0 aliphatic heterocycles. The Labute approximate surface area is 174 Å². The Morgan fingerprint density at radius 1 is 0.828 bits per heavy atom. The molecule has 1 saturated carbocycles. The standard InChI is InChI=1S/C28H28O/c1-22-14-16-25(17-15-22)28(18-8-9-19-29)21-26(28)20-27(23-10-4-2-5-11-23)24-12-6-3-7-13-24/h2-7,10-17,29H,8-9,18-19,21H2,1H3. The van der Waals surface area contributed by atoms with Crippen molar-refractivity contribution in [1.82, 2.24) is 0 Å². The van der Waals surface area contributed by atoms with Gasteiger partial charge in [0.2, 0.25) is 0 Å². The molecule has 0 spiro atoms. The molecular weight excluding hydrogens is 352 g/mol. The van der Waals surface area contributed by atoms with Crippen molar-refractivity contribution < 1.29 is 5.11 Å². The third-order valence-electron chi connectivity index (χ3n) is 5.95. The van der Waals surface area contributed by atoms with E-state index < -0.39 is 0 Å². The first-order chi connectivity index (χ1) is 14.2. The van der Waals surface area contributed by atoms with E-state index >= 15 is 0 Å². The molecule has 4 rings (SSSR count). The van der Waals surface area contributed by atoms with Crippen LogP contribution in [0.5, 0.6) is 0 Å². The van der Waals surface area contributed by atoms with Crippen LogP contribution < -0.4 is 0 Å². The number of hydrogen-bond acceptors (Lipinski definition) is 1. The van der Waals surface area contributed by atoms with Crippen molar-refractivity contribution in [2.24, 2.45) is 0 Å². The van der Waals surface area contributed by atoms with E-state index in [4.69, 9.17) is 0 Å². The number of benzene rings is 3. The van der Waals surface area contributed by atoms with E-state index in [1.54, 1.807) is 0 Å². The Hall–Kier alpha value is -2.86. The van der Waals surface area contributed by atoms with E-state index in [0.29, 0.717) is 0 Å². The van der Waals surface area contributed by atoms with E-state index in [-0.39, 0.29) is 12.0 Å². The van der Waals surface area contributed by atoms with Crippen molar-refractivity contribution in [3.63, 3.8) is 0 Å². The Bertz CT molecular complexity index is 967. The maximum atomic E-state index is 9.27. The maximum absolute atomic E-state index is 9.27. The Morgan fingerprint density at radius 2 is 1.41 bits per heavy atom. The summed E-state index contributed by atoms with van der Waals surface area (Å²) < 4.78 is 0. The van der Waals surface area contributed by atoms with Gasteiger partial charge in [0.15, 0.2) is 0 Å². The van der Waals surface area contributed by atoms with Crippen LogP contribution in [0.1, 0.15) is 47.9 Å². The second-order valence-electron chi connectivity index (χ2n) is 8.02. The third-order valence-corrected chi connectivity index (χ3v) is 5.95. The largest absolute Gasteiger partial charge is 0.396 e. The fraction of sp³-hybridized carbons (Fsp3) is 0.250. The molecule has 146 valence electrons. The molecule has 0 radical (unpaired) electrons.